The summed E-state index contributed by atoms with van der Waals surface area (Å²) in [5, 5.41) is 5.75. The van der Waals surface area contributed by atoms with E-state index in [2.05, 4.69) is 23.8 Å². The standard InChI is InChI=1S/C22H30ClN5O2S/c1-7-26(8-2)11-12-27(21(29)17-13-15(5)28(25-17)14(3)4)22-24-19-18(30-6)10-9-16(23)20(19)31-22/h9-10,13-14H,7-8,11-12H2,1-6H3. The molecule has 0 unspecified atom stereocenters. The first kappa shape index (κ1) is 23.5. The number of halogens is 1. The highest BCUT2D eigenvalue weighted by molar-refractivity contribution is 7.23. The lowest BCUT2D eigenvalue weighted by molar-refractivity contribution is 0.0978. The van der Waals surface area contributed by atoms with Gasteiger partial charge in [-0.25, -0.2) is 4.98 Å². The molecule has 0 radical (unpaired) electrons. The van der Waals surface area contributed by atoms with Crippen LogP contribution in [0.4, 0.5) is 5.13 Å². The quantitative estimate of drug-likeness (QED) is 0.445. The van der Waals surface area contributed by atoms with E-state index in [-0.39, 0.29) is 11.9 Å². The number of likely N-dealkylation sites (N-methyl/N-ethyl adjacent to an activating group) is 1. The predicted molar refractivity (Wildman–Crippen MR) is 128 cm³/mol. The smallest absolute Gasteiger partial charge is 0.280 e. The first-order valence-electron chi connectivity index (χ1n) is 10.5. The molecule has 9 heteroatoms. The number of thiazole rings is 1. The van der Waals surface area contributed by atoms with E-state index in [0.717, 1.165) is 30.0 Å². The van der Waals surface area contributed by atoms with Gasteiger partial charge in [-0.05, 0) is 52.1 Å². The van der Waals surface area contributed by atoms with Crippen LogP contribution in [0.3, 0.4) is 0 Å². The Balaban J connectivity index is 2.04. The van der Waals surface area contributed by atoms with Gasteiger partial charge in [0, 0.05) is 24.8 Å². The monoisotopic (exact) mass is 463 g/mol. The first-order valence-corrected chi connectivity index (χ1v) is 11.7. The SMILES string of the molecule is CCN(CC)CCN(C(=O)c1cc(C)n(C(C)C)n1)c1nc2c(OC)ccc(Cl)c2s1. The molecule has 3 aromatic rings. The maximum atomic E-state index is 13.6. The Morgan fingerprint density at radius 3 is 2.55 bits per heavy atom. The van der Waals surface area contributed by atoms with Gasteiger partial charge in [-0.1, -0.05) is 36.8 Å². The number of aromatic nitrogens is 3. The lowest BCUT2D eigenvalue weighted by atomic mass is 10.3. The highest BCUT2D eigenvalue weighted by atomic mass is 35.5. The van der Waals surface area contributed by atoms with Gasteiger partial charge in [0.25, 0.3) is 5.91 Å². The molecule has 1 amide bonds. The number of ether oxygens (including phenoxy) is 1. The zero-order chi connectivity index (χ0) is 22.7. The number of nitrogens with zero attached hydrogens (tertiary/aromatic N) is 5. The maximum absolute atomic E-state index is 13.6. The van der Waals surface area contributed by atoms with E-state index in [9.17, 15) is 4.79 Å². The summed E-state index contributed by atoms with van der Waals surface area (Å²) in [6, 6.07) is 5.61. The molecule has 0 atom stereocenters. The van der Waals surface area contributed by atoms with Crippen LogP contribution >= 0.6 is 22.9 Å². The highest BCUT2D eigenvalue weighted by Crippen LogP contribution is 2.39. The lowest BCUT2D eigenvalue weighted by Crippen LogP contribution is -2.39. The molecular formula is C22H30ClN5O2S. The third kappa shape index (κ3) is 4.86. The molecule has 0 saturated carbocycles. The molecular weight excluding hydrogens is 434 g/mol. The average molecular weight is 464 g/mol. The summed E-state index contributed by atoms with van der Waals surface area (Å²) < 4.78 is 8.13. The minimum absolute atomic E-state index is 0.163. The van der Waals surface area contributed by atoms with Gasteiger partial charge in [0.15, 0.2) is 10.8 Å². The maximum Gasteiger partial charge on any atom is 0.280 e. The Kier molecular flexibility index (Phi) is 7.56. The number of aryl methyl sites for hydroxylation is 1. The first-order chi connectivity index (χ1) is 14.8. The number of hydrogen-bond donors (Lipinski definition) is 0. The molecule has 0 N–H and O–H groups in total. The van der Waals surface area contributed by atoms with Crippen LogP contribution in [0.15, 0.2) is 18.2 Å². The van der Waals surface area contributed by atoms with Crippen molar-refractivity contribution in [1.29, 1.82) is 0 Å². The van der Waals surface area contributed by atoms with Crippen molar-refractivity contribution in [3.8, 4) is 5.75 Å². The van der Waals surface area contributed by atoms with E-state index < -0.39 is 0 Å². The fraction of sp³-hybridized carbons (Fsp3) is 0.500. The van der Waals surface area contributed by atoms with E-state index in [1.54, 1.807) is 24.1 Å². The molecule has 0 aliphatic rings. The van der Waals surface area contributed by atoms with E-state index in [1.807, 2.05) is 31.5 Å². The Morgan fingerprint density at radius 1 is 1.26 bits per heavy atom. The number of benzene rings is 1. The molecule has 1 aromatic carbocycles. The molecule has 7 nitrogen and oxygen atoms in total. The van der Waals surface area contributed by atoms with Gasteiger partial charge in [0.2, 0.25) is 0 Å². The van der Waals surface area contributed by atoms with Crippen LogP contribution in [-0.2, 0) is 0 Å². The van der Waals surface area contributed by atoms with Crippen LogP contribution in [0.5, 0.6) is 5.75 Å². The molecule has 0 saturated heterocycles. The fourth-order valence-corrected chi connectivity index (χ4v) is 4.82. The van der Waals surface area contributed by atoms with Crippen molar-refractivity contribution in [2.24, 2.45) is 0 Å². The second kappa shape index (κ2) is 9.97. The van der Waals surface area contributed by atoms with Crippen LogP contribution in [-0.4, -0.2) is 58.9 Å². The predicted octanol–water partition coefficient (Wildman–Crippen LogP) is 5.03. The van der Waals surface area contributed by atoms with Crippen molar-refractivity contribution < 1.29 is 9.53 Å². The normalized spacial score (nSPS) is 11.6. The van der Waals surface area contributed by atoms with E-state index in [0.29, 0.717) is 33.7 Å². The summed E-state index contributed by atoms with van der Waals surface area (Å²) >= 11 is 7.82. The molecule has 2 heterocycles. The number of fused-ring (bicyclic) bond motifs is 1. The molecule has 3 rings (SSSR count). The summed E-state index contributed by atoms with van der Waals surface area (Å²) in [5.74, 6) is 0.474. The van der Waals surface area contributed by atoms with E-state index in [4.69, 9.17) is 21.3 Å². The van der Waals surface area contributed by atoms with Gasteiger partial charge in [0.1, 0.15) is 11.3 Å². The molecule has 2 aromatic heterocycles. The fourth-order valence-electron chi connectivity index (χ4n) is 3.54. The molecule has 0 aliphatic carbocycles. The Hall–Kier alpha value is -2.16. The number of anilines is 1. The van der Waals surface area contributed by atoms with Gasteiger partial charge in [-0.2, -0.15) is 5.10 Å². The Morgan fingerprint density at radius 2 is 1.97 bits per heavy atom. The highest BCUT2D eigenvalue weighted by Gasteiger charge is 2.26. The number of amides is 1. The van der Waals surface area contributed by atoms with Crippen molar-refractivity contribution in [2.75, 3.05) is 38.2 Å². The second-order valence-corrected chi connectivity index (χ2v) is 9.00. The third-order valence-electron chi connectivity index (χ3n) is 5.31. The zero-order valence-corrected chi connectivity index (χ0v) is 20.5. The summed E-state index contributed by atoms with van der Waals surface area (Å²) in [4.78, 5) is 22.3. The summed E-state index contributed by atoms with van der Waals surface area (Å²) in [6.45, 7) is 13.4. The van der Waals surface area contributed by atoms with Crippen LogP contribution in [0.2, 0.25) is 5.02 Å². The van der Waals surface area contributed by atoms with Crippen molar-refractivity contribution in [2.45, 2.75) is 40.7 Å². The van der Waals surface area contributed by atoms with Gasteiger partial charge >= 0.3 is 0 Å². The average Bonchev–Trinajstić information content (AvgIpc) is 3.36. The Bertz CT molecular complexity index is 1060. The third-order valence-corrected chi connectivity index (χ3v) is 6.85. The van der Waals surface area contributed by atoms with Gasteiger partial charge in [-0.3, -0.25) is 14.4 Å². The molecule has 0 aliphatic heterocycles. The van der Waals surface area contributed by atoms with Crippen LogP contribution in [0.25, 0.3) is 10.2 Å². The number of carbonyl (C=O) groups is 1. The zero-order valence-electron chi connectivity index (χ0n) is 19.0. The van der Waals surface area contributed by atoms with Crippen molar-refractivity contribution >= 4 is 44.2 Å². The molecule has 0 bridgehead atoms. The second-order valence-electron chi connectivity index (χ2n) is 7.62. The molecule has 31 heavy (non-hydrogen) atoms. The Labute approximate surface area is 192 Å². The number of carbonyl (C=O) groups excluding carboxylic acids is 1. The topological polar surface area (TPSA) is 63.5 Å². The van der Waals surface area contributed by atoms with Crippen LogP contribution in [0.1, 0.15) is 49.9 Å². The van der Waals surface area contributed by atoms with E-state index >= 15 is 0 Å². The minimum Gasteiger partial charge on any atom is -0.494 e. The van der Waals surface area contributed by atoms with Crippen LogP contribution < -0.4 is 9.64 Å². The summed E-state index contributed by atoms with van der Waals surface area (Å²) in [6.07, 6.45) is 0. The van der Waals surface area contributed by atoms with Gasteiger partial charge in [0.05, 0.1) is 16.8 Å². The number of rotatable bonds is 9. The number of hydrogen-bond acceptors (Lipinski definition) is 6. The van der Waals surface area contributed by atoms with Crippen LogP contribution in [0, 0.1) is 6.92 Å². The van der Waals surface area contributed by atoms with Gasteiger partial charge < -0.3 is 9.64 Å². The minimum atomic E-state index is -0.163. The van der Waals surface area contributed by atoms with Crippen molar-refractivity contribution in [3.05, 3.63) is 34.6 Å². The summed E-state index contributed by atoms with van der Waals surface area (Å²) in [5.41, 5.74) is 2.04. The molecule has 0 spiro atoms. The molecule has 0 fully saturated rings. The van der Waals surface area contributed by atoms with Crippen molar-refractivity contribution in [1.82, 2.24) is 19.7 Å². The number of methoxy groups -OCH3 is 1. The largest absolute Gasteiger partial charge is 0.494 e. The lowest BCUT2D eigenvalue weighted by Gasteiger charge is -2.24. The molecule has 168 valence electrons. The van der Waals surface area contributed by atoms with E-state index in [1.165, 1.54) is 11.3 Å². The van der Waals surface area contributed by atoms with Crippen molar-refractivity contribution in [3.63, 3.8) is 0 Å². The summed E-state index contributed by atoms with van der Waals surface area (Å²) in [7, 11) is 1.60. The van der Waals surface area contributed by atoms with Gasteiger partial charge in [-0.15, -0.1) is 0 Å².